The number of hydrogen-bond donors (Lipinski definition) is 2. The third kappa shape index (κ3) is 3.69. The molecule has 1 amide bonds. The molecule has 1 heterocycles. The summed E-state index contributed by atoms with van der Waals surface area (Å²) in [6.45, 7) is 2.93. The van der Waals surface area contributed by atoms with E-state index in [2.05, 4.69) is 17.6 Å². The van der Waals surface area contributed by atoms with Gasteiger partial charge in [-0.2, -0.15) is 0 Å². The fourth-order valence-electron chi connectivity index (χ4n) is 2.42. The fourth-order valence-corrected chi connectivity index (χ4v) is 2.42. The van der Waals surface area contributed by atoms with Gasteiger partial charge in [-0.1, -0.05) is 6.92 Å². The minimum atomic E-state index is -0.501. The second-order valence-electron chi connectivity index (χ2n) is 5.27. The SMILES string of the molecule is COc1cc([N+](=O)[O-])ccc1NC(=O)C1CC(C)CCN1. The van der Waals surface area contributed by atoms with Crippen LogP contribution in [0.1, 0.15) is 19.8 Å². The molecular formula is C14H19N3O4. The Labute approximate surface area is 122 Å². The number of non-ortho nitro benzene ring substituents is 1. The van der Waals surface area contributed by atoms with Crippen molar-refractivity contribution in [2.24, 2.45) is 5.92 Å². The molecule has 2 atom stereocenters. The lowest BCUT2D eigenvalue weighted by Gasteiger charge is -2.27. The monoisotopic (exact) mass is 293 g/mol. The van der Waals surface area contributed by atoms with E-state index in [9.17, 15) is 14.9 Å². The van der Waals surface area contributed by atoms with Crippen LogP contribution >= 0.6 is 0 Å². The van der Waals surface area contributed by atoms with Gasteiger partial charge in [-0.15, -0.1) is 0 Å². The van der Waals surface area contributed by atoms with Crippen molar-refractivity contribution in [2.45, 2.75) is 25.8 Å². The van der Waals surface area contributed by atoms with Crippen LogP contribution in [-0.2, 0) is 4.79 Å². The van der Waals surface area contributed by atoms with Gasteiger partial charge in [0.25, 0.3) is 5.69 Å². The zero-order valence-electron chi connectivity index (χ0n) is 12.1. The summed E-state index contributed by atoms with van der Waals surface area (Å²) in [6, 6.07) is 3.89. The molecule has 1 aromatic rings. The van der Waals surface area contributed by atoms with Crippen LogP contribution in [0.15, 0.2) is 18.2 Å². The van der Waals surface area contributed by atoms with Gasteiger partial charge in [0.05, 0.1) is 29.8 Å². The molecule has 0 radical (unpaired) electrons. The Morgan fingerprint density at radius 1 is 1.52 bits per heavy atom. The second kappa shape index (κ2) is 6.53. The number of ether oxygens (including phenoxy) is 1. The van der Waals surface area contributed by atoms with E-state index in [1.165, 1.54) is 25.3 Å². The topological polar surface area (TPSA) is 93.5 Å². The quantitative estimate of drug-likeness (QED) is 0.653. The van der Waals surface area contributed by atoms with Crippen molar-refractivity contribution in [3.8, 4) is 5.75 Å². The Balaban J connectivity index is 2.11. The molecule has 2 N–H and O–H groups in total. The van der Waals surface area contributed by atoms with E-state index >= 15 is 0 Å². The van der Waals surface area contributed by atoms with Crippen LogP contribution in [0.25, 0.3) is 0 Å². The van der Waals surface area contributed by atoms with Crippen molar-refractivity contribution in [1.29, 1.82) is 0 Å². The Kier molecular flexibility index (Phi) is 4.74. The predicted molar refractivity (Wildman–Crippen MR) is 78.5 cm³/mol. The van der Waals surface area contributed by atoms with Gasteiger partial charge < -0.3 is 15.4 Å². The number of benzene rings is 1. The molecule has 1 fully saturated rings. The molecule has 7 heteroatoms. The molecule has 2 unspecified atom stereocenters. The number of hydrogen-bond acceptors (Lipinski definition) is 5. The fraction of sp³-hybridized carbons (Fsp3) is 0.500. The maximum atomic E-state index is 12.2. The highest BCUT2D eigenvalue weighted by molar-refractivity contribution is 5.96. The minimum Gasteiger partial charge on any atom is -0.494 e. The lowest BCUT2D eigenvalue weighted by atomic mass is 9.94. The summed E-state index contributed by atoms with van der Waals surface area (Å²) in [7, 11) is 1.41. The Bertz CT molecular complexity index is 547. The van der Waals surface area contributed by atoms with Gasteiger partial charge in [0, 0.05) is 6.07 Å². The van der Waals surface area contributed by atoms with Crippen LogP contribution < -0.4 is 15.4 Å². The largest absolute Gasteiger partial charge is 0.494 e. The molecule has 0 bridgehead atoms. The molecule has 0 aromatic heterocycles. The van der Waals surface area contributed by atoms with E-state index in [1.807, 2.05) is 0 Å². The normalized spacial score (nSPS) is 21.6. The first-order valence-corrected chi connectivity index (χ1v) is 6.88. The molecule has 1 aliphatic rings. The maximum Gasteiger partial charge on any atom is 0.273 e. The summed E-state index contributed by atoms with van der Waals surface area (Å²) in [5.41, 5.74) is 0.363. The van der Waals surface area contributed by atoms with Crippen LogP contribution in [0.4, 0.5) is 11.4 Å². The molecule has 2 rings (SSSR count). The smallest absolute Gasteiger partial charge is 0.273 e. The van der Waals surface area contributed by atoms with Crippen LogP contribution in [0.2, 0.25) is 0 Å². The highest BCUT2D eigenvalue weighted by Gasteiger charge is 2.25. The number of nitrogens with zero attached hydrogens (tertiary/aromatic N) is 1. The number of nitro benzene ring substituents is 1. The highest BCUT2D eigenvalue weighted by atomic mass is 16.6. The van der Waals surface area contributed by atoms with Gasteiger partial charge in [0.2, 0.25) is 5.91 Å². The molecule has 1 aromatic carbocycles. The zero-order chi connectivity index (χ0) is 15.4. The molecular weight excluding hydrogens is 274 g/mol. The van der Waals surface area contributed by atoms with Crippen LogP contribution in [0, 0.1) is 16.0 Å². The van der Waals surface area contributed by atoms with Crippen molar-refractivity contribution in [3.63, 3.8) is 0 Å². The molecule has 114 valence electrons. The Morgan fingerprint density at radius 2 is 2.29 bits per heavy atom. The van der Waals surface area contributed by atoms with Gasteiger partial charge in [-0.3, -0.25) is 14.9 Å². The number of carbonyl (C=O) groups excluding carboxylic acids is 1. The zero-order valence-corrected chi connectivity index (χ0v) is 12.1. The molecule has 0 aliphatic carbocycles. The number of piperidine rings is 1. The highest BCUT2D eigenvalue weighted by Crippen LogP contribution is 2.29. The third-order valence-corrected chi connectivity index (χ3v) is 3.64. The Morgan fingerprint density at radius 3 is 2.90 bits per heavy atom. The average molecular weight is 293 g/mol. The standard InChI is InChI=1S/C14H19N3O4/c1-9-5-6-15-12(7-9)14(18)16-11-4-3-10(17(19)20)8-13(11)21-2/h3-4,8-9,12,15H,5-7H2,1-2H3,(H,16,18). The van der Waals surface area contributed by atoms with Crippen molar-refractivity contribution in [1.82, 2.24) is 5.32 Å². The maximum absolute atomic E-state index is 12.2. The third-order valence-electron chi connectivity index (χ3n) is 3.64. The summed E-state index contributed by atoms with van der Waals surface area (Å²) < 4.78 is 5.11. The first kappa shape index (κ1) is 15.2. The van der Waals surface area contributed by atoms with Gasteiger partial charge in [-0.25, -0.2) is 0 Å². The van der Waals surface area contributed by atoms with Crippen molar-refractivity contribution in [3.05, 3.63) is 28.3 Å². The number of rotatable bonds is 4. The number of nitro groups is 1. The van der Waals surface area contributed by atoms with E-state index < -0.39 is 4.92 Å². The number of methoxy groups -OCH3 is 1. The summed E-state index contributed by atoms with van der Waals surface area (Å²) in [6.07, 6.45) is 1.84. The van der Waals surface area contributed by atoms with Crippen LogP contribution in [0.5, 0.6) is 5.75 Å². The molecule has 1 aliphatic heterocycles. The summed E-state index contributed by atoms with van der Waals surface area (Å²) in [5.74, 6) is 0.635. The molecule has 1 saturated heterocycles. The molecule has 0 saturated carbocycles. The molecule has 7 nitrogen and oxygen atoms in total. The van der Waals surface area contributed by atoms with Gasteiger partial charge in [0.1, 0.15) is 5.75 Å². The first-order valence-electron chi connectivity index (χ1n) is 6.88. The van der Waals surface area contributed by atoms with Crippen molar-refractivity contribution >= 4 is 17.3 Å². The van der Waals surface area contributed by atoms with Crippen molar-refractivity contribution < 1.29 is 14.5 Å². The number of anilines is 1. The van der Waals surface area contributed by atoms with E-state index in [4.69, 9.17) is 4.74 Å². The minimum absolute atomic E-state index is 0.0748. The average Bonchev–Trinajstić information content (AvgIpc) is 2.47. The van der Waals surface area contributed by atoms with E-state index in [-0.39, 0.29) is 23.4 Å². The lowest BCUT2D eigenvalue weighted by molar-refractivity contribution is -0.384. The van der Waals surface area contributed by atoms with E-state index in [0.29, 0.717) is 11.6 Å². The van der Waals surface area contributed by atoms with Gasteiger partial charge in [0.15, 0.2) is 0 Å². The summed E-state index contributed by atoms with van der Waals surface area (Å²) in [4.78, 5) is 22.5. The van der Waals surface area contributed by atoms with Gasteiger partial charge in [-0.05, 0) is 31.4 Å². The van der Waals surface area contributed by atoms with Crippen molar-refractivity contribution in [2.75, 3.05) is 19.0 Å². The lowest BCUT2D eigenvalue weighted by Crippen LogP contribution is -2.45. The second-order valence-corrected chi connectivity index (χ2v) is 5.27. The van der Waals surface area contributed by atoms with E-state index in [0.717, 1.165) is 19.4 Å². The van der Waals surface area contributed by atoms with Crippen LogP contribution in [-0.4, -0.2) is 30.5 Å². The predicted octanol–water partition coefficient (Wildman–Crippen LogP) is 1.93. The number of nitrogens with one attached hydrogen (secondary N) is 2. The first-order chi connectivity index (χ1) is 10.0. The molecule has 0 spiro atoms. The summed E-state index contributed by atoms with van der Waals surface area (Å²) >= 11 is 0. The number of amides is 1. The molecule has 21 heavy (non-hydrogen) atoms. The number of carbonyl (C=O) groups is 1. The Hall–Kier alpha value is -2.15. The van der Waals surface area contributed by atoms with Crippen LogP contribution in [0.3, 0.4) is 0 Å². The van der Waals surface area contributed by atoms with Gasteiger partial charge >= 0.3 is 0 Å². The summed E-state index contributed by atoms with van der Waals surface area (Å²) in [5, 5.41) is 16.7. The van der Waals surface area contributed by atoms with E-state index in [1.54, 1.807) is 0 Å².